The van der Waals surface area contributed by atoms with Crippen molar-refractivity contribution in [1.82, 2.24) is 15.0 Å². The topological polar surface area (TPSA) is 187 Å². The molecule has 2 aromatic heterocycles. The maximum absolute atomic E-state index is 15.9. The standard InChI is InChI=1S/C29H28FN5O2.2C2HF3O2/c1-4-16-11-21(27(30)25(12-16)37-3)26(22-14-17-13-18(31)9-10-19(17)28(32)34-22)29-33-15-23(35-29)20-7-5-6-8-24(20)36-2;2*3-2(4,5)1(6)7/h5-15,26H,4,31H2,1-3H3,(H2,32,34)(H,33,35);2*(H,6,7). The number of aryl methyl sites for hydroxylation is 1. The van der Waals surface area contributed by atoms with Crippen LogP contribution in [0.4, 0.5) is 42.2 Å². The summed E-state index contributed by atoms with van der Waals surface area (Å²) in [5, 5.41) is 15.8. The smallest absolute Gasteiger partial charge is 0.490 e. The van der Waals surface area contributed by atoms with E-state index in [1.807, 2.05) is 55.5 Å². The van der Waals surface area contributed by atoms with Crippen LogP contribution in [0.5, 0.6) is 11.5 Å². The maximum atomic E-state index is 15.9. The average molecular weight is 726 g/mol. The van der Waals surface area contributed by atoms with Gasteiger partial charge in [0.25, 0.3) is 0 Å². The van der Waals surface area contributed by atoms with E-state index in [1.54, 1.807) is 25.4 Å². The summed E-state index contributed by atoms with van der Waals surface area (Å²) in [5.41, 5.74) is 16.4. The minimum absolute atomic E-state index is 0.161. The minimum atomic E-state index is -5.08. The molecule has 0 fully saturated rings. The molecule has 7 N–H and O–H groups in total. The van der Waals surface area contributed by atoms with Gasteiger partial charge in [-0.2, -0.15) is 26.3 Å². The average Bonchev–Trinajstić information content (AvgIpc) is 3.54. The number of para-hydroxylation sites is 1. The highest BCUT2D eigenvalue weighted by molar-refractivity contribution is 5.93. The van der Waals surface area contributed by atoms with Crippen LogP contribution in [0.3, 0.4) is 0 Å². The minimum Gasteiger partial charge on any atom is -0.496 e. The van der Waals surface area contributed by atoms with Gasteiger partial charge in [-0.1, -0.05) is 25.1 Å². The molecule has 0 amide bonds. The first-order valence-electron chi connectivity index (χ1n) is 14.4. The number of nitrogens with zero attached hydrogens (tertiary/aromatic N) is 2. The van der Waals surface area contributed by atoms with Crippen molar-refractivity contribution in [3.05, 3.63) is 95.3 Å². The van der Waals surface area contributed by atoms with Gasteiger partial charge in [-0.25, -0.2) is 23.9 Å². The molecule has 0 bridgehead atoms. The Hall–Kier alpha value is -6.07. The van der Waals surface area contributed by atoms with Gasteiger partial charge in [0.15, 0.2) is 11.6 Å². The van der Waals surface area contributed by atoms with E-state index < -0.39 is 36.0 Å². The van der Waals surface area contributed by atoms with Gasteiger partial charge in [-0.15, -0.1) is 0 Å². The second kappa shape index (κ2) is 16.1. The number of H-pyrrole nitrogens is 1. The Morgan fingerprint density at radius 3 is 2.02 bits per heavy atom. The summed E-state index contributed by atoms with van der Waals surface area (Å²) in [4.78, 5) is 30.5. The lowest BCUT2D eigenvalue weighted by Crippen LogP contribution is -2.21. The van der Waals surface area contributed by atoms with Gasteiger partial charge < -0.3 is 36.1 Å². The van der Waals surface area contributed by atoms with Crippen LogP contribution in [0, 0.1) is 5.82 Å². The molecule has 3 aromatic carbocycles. The highest BCUT2D eigenvalue weighted by atomic mass is 19.4. The van der Waals surface area contributed by atoms with E-state index in [2.05, 4.69) is 9.97 Å². The van der Waals surface area contributed by atoms with Crippen molar-refractivity contribution < 1.29 is 60.0 Å². The molecule has 51 heavy (non-hydrogen) atoms. The zero-order chi connectivity index (χ0) is 38.3. The molecule has 2 heterocycles. The van der Waals surface area contributed by atoms with Gasteiger partial charge in [-0.3, -0.25) is 0 Å². The normalized spacial score (nSPS) is 11.8. The van der Waals surface area contributed by atoms with Gasteiger partial charge in [0.2, 0.25) is 0 Å². The number of carboxylic acids is 2. The Kier molecular flexibility index (Phi) is 12.4. The number of alkyl halides is 6. The fourth-order valence-electron chi connectivity index (χ4n) is 4.65. The second-order valence-corrected chi connectivity index (χ2v) is 10.4. The summed E-state index contributed by atoms with van der Waals surface area (Å²) in [6.07, 6.45) is -7.76. The lowest BCUT2D eigenvalue weighted by atomic mass is 9.90. The number of methoxy groups -OCH3 is 2. The molecule has 0 radical (unpaired) electrons. The third-order valence-electron chi connectivity index (χ3n) is 7.02. The number of hydrogen-bond acceptors (Lipinski definition) is 8. The van der Waals surface area contributed by atoms with E-state index in [0.29, 0.717) is 40.8 Å². The highest BCUT2D eigenvalue weighted by Crippen LogP contribution is 2.39. The van der Waals surface area contributed by atoms with Crippen LogP contribution in [0.15, 0.2) is 66.9 Å². The van der Waals surface area contributed by atoms with Crippen molar-refractivity contribution in [2.24, 2.45) is 0 Å². The number of carboxylic acid groups (broad SMARTS) is 2. The zero-order valence-electron chi connectivity index (χ0n) is 26.9. The van der Waals surface area contributed by atoms with Crippen LogP contribution < -0.4 is 20.9 Å². The second-order valence-electron chi connectivity index (χ2n) is 10.4. The Morgan fingerprint density at radius 1 is 0.882 bits per heavy atom. The number of aliphatic carboxylic acids is 2. The van der Waals surface area contributed by atoms with Gasteiger partial charge >= 0.3 is 24.3 Å². The molecule has 5 rings (SSSR count). The summed E-state index contributed by atoms with van der Waals surface area (Å²) >= 11 is 0. The van der Waals surface area contributed by atoms with E-state index in [1.165, 1.54) is 7.11 Å². The molecule has 1 unspecified atom stereocenters. The fraction of sp³-hybridized carbons (Fsp3) is 0.212. The third kappa shape index (κ3) is 9.77. The number of anilines is 2. The van der Waals surface area contributed by atoms with E-state index in [9.17, 15) is 26.3 Å². The van der Waals surface area contributed by atoms with Crippen molar-refractivity contribution in [3.8, 4) is 22.8 Å². The summed E-state index contributed by atoms with van der Waals surface area (Å²) in [7, 11) is 3.07. The summed E-state index contributed by atoms with van der Waals surface area (Å²) in [5.74, 6) is -5.00. The maximum Gasteiger partial charge on any atom is 0.490 e. The van der Waals surface area contributed by atoms with Crippen molar-refractivity contribution >= 4 is 34.2 Å². The monoisotopic (exact) mass is 725 g/mol. The summed E-state index contributed by atoms with van der Waals surface area (Å²) in [6.45, 7) is 2.01. The molecule has 1 atom stereocenters. The number of nitrogens with two attached hydrogens (primary N) is 2. The van der Waals surface area contributed by atoms with Crippen LogP contribution in [0.1, 0.15) is 35.5 Å². The van der Waals surface area contributed by atoms with Gasteiger partial charge in [0.1, 0.15) is 17.4 Å². The molecule has 0 aliphatic heterocycles. The summed E-state index contributed by atoms with van der Waals surface area (Å²) < 4.78 is 90.3. The third-order valence-corrected chi connectivity index (χ3v) is 7.02. The number of aromatic amines is 1. The number of carbonyl (C=O) groups is 2. The predicted molar refractivity (Wildman–Crippen MR) is 172 cm³/mol. The van der Waals surface area contributed by atoms with Crippen molar-refractivity contribution in [3.63, 3.8) is 0 Å². The molecule has 5 aromatic rings. The molecule has 0 saturated heterocycles. The number of nitrogen functional groups attached to an aromatic ring is 2. The largest absolute Gasteiger partial charge is 0.496 e. The molecule has 272 valence electrons. The Balaban J connectivity index is 0.000000424. The van der Waals surface area contributed by atoms with Crippen molar-refractivity contribution in [2.45, 2.75) is 31.6 Å². The molecule has 0 aliphatic carbocycles. The lowest BCUT2D eigenvalue weighted by molar-refractivity contribution is -0.193. The number of benzene rings is 3. The van der Waals surface area contributed by atoms with Crippen LogP contribution in [0.25, 0.3) is 22.0 Å². The van der Waals surface area contributed by atoms with E-state index >= 15 is 4.39 Å². The van der Waals surface area contributed by atoms with Crippen LogP contribution in [-0.4, -0.2) is 63.7 Å². The van der Waals surface area contributed by atoms with Gasteiger partial charge in [0.05, 0.1) is 37.7 Å². The Bertz CT molecular complexity index is 1990. The highest BCUT2D eigenvalue weighted by Gasteiger charge is 2.39. The number of fused-ring (bicyclic) bond motifs is 1. The van der Waals surface area contributed by atoms with E-state index in [0.717, 1.165) is 27.6 Å². The van der Waals surface area contributed by atoms with Crippen LogP contribution >= 0.6 is 0 Å². The van der Waals surface area contributed by atoms with Crippen molar-refractivity contribution in [2.75, 3.05) is 25.7 Å². The lowest BCUT2D eigenvalue weighted by Gasteiger charge is -2.20. The molecular weight excluding hydrogens is 695 g/mol. The van der Waals surface area contributed by atoms with Gasteiger partial charge in [-0.05, 0) is 59.8 Å². The molecular formula is C33H30F7N5O6. The zero-order valence-corrected chi connectivity index (χ0v) is 26.9. The SMILES string of the molecule is CCc1cc(OC)c(F)c(C(c2cc3cc(N)ccc3c(N)n2)c2ncc(-c3ccccc3OC)[nH]2)c1.O=C(O)C(F)(F)F.O=C(O)C(F)(F)F. The number of aromatic nitrogens is 3. The van der Waals surface area contributed by atoms with Crippen LogP contribution in [0.2, 0.25) is 0 Å². The number of ether oxygens (including phenoxy) is 2. The molecule has 0 saturated carbocycles. The van der Waals surface area contributed by atoms with E-state index in [-0.39, 0.29) is 5.75 Å². The predicted octanol–water partition coefficient (Wildman–Crippen LogP) is 6.95. The summed E-state index contributed by atoms with van der Waals surface area (Å²) in [6, 6.07) is 18.5. The number of imidazole rings is 1. The molecule has 11 nitrogen and oxygen atoms in total. The first-order valence-corrected chi connectivity index (χ1v) is 14.4. The Morgan fingerprint density at radius 2 is 1.47 bits per heavy atom. The molecule has 0 aliphatic rings. The quantitative estimate of drug-likeness (QED) is 0.0868. The Labute approximate surface area is 284 Å². The number of pyridine rings is 1. The molecule has 0 spiro atoms. The number of nitrogens with one attached hydrogen (secondary N) is 1. The number of rotatable bonds is 7. The first-order chi connectivity index (χ1) is 23.8. The van der Waals surface area contributed by atoms with E-state index in [4.69, 9.17) is 45.7 Å². The first kappa shape index (κ1) is 39.4. The van der Waals surface area contributed by atoms with Gasteiger partial charge in [0, 0.05) is 22.2 Å². The van der Waals surface area contributed by atoms with Crippen molar-refractivity contribution in [1.29, 1.82) is 0 Å². The number of hydrogen-bond donors (Lipinski definition) is 5. The fourth-order valence-corrected chi connectivity index (χ4v) is 4.65. The number of halogens is 7. The molecule has 18 heteroatoms. The van der Waals surface area contributed by atoms with Crippen LogP contribution in [-0.2, 0) is 16.0 Å².